The van der Waals surface area contributed by atoms with Crippen LogP contribution in [0.15, 0.2) is 0 Å². The highest BCUT2D eigenvalue weighted by Crippen LogP contribution is 2.23. The van der Waals surface area contributed by atoms with Gasteiger partial charge in [-0.25, -0.2) is 4.79 Å². The lowest BCUT2D eigenvalue weighted by Crippen LogP contribution is -2.44. The highest BCUT2D eigenvalue weighted by Gasteiger charge is 2.31. The van der Waals surface area contributed by atoms with Crippen LogP contribution >= 0.6 is 0 Å². The topological polar surface area (TPSA) is 58.4 Å². The fraction of sp³-hybridized carbons (Fsp3) is 0.900. The zero-order chi connectivity index (χ0) is 9.97. The first-order chi connectivity index (χ1) is 6.81. The molecule has 2 amide bonds. The van der Waals surface area contributed by atoms with Gasteiger partial charge in [-0.05, 0) is 38.6 Å². The molecule has 3 N–H and O–H groups in total. The summed E-state index contributed by atoms with van der Waals surface area (Å²) >= 11 is 0. The van der Waals surface area contributed by atoms with Gasteiger partial charge in [-0.2, -0.15) is 0 Å². The number of hydrogen-bond donors (Lipinski definition) is 2. The van der Waals surface area contributed by atoms with Gasteiger partial charge < -0.3 is 16.0 Å². The molecular formula is C10H19N3O. The monoisotopic (exact) mass is 197 g/mol. The predicted octanol–water partition coefficient (Wildman–Crippen LogP) is 0.672. The van der Waals surface area contributed by atoms with E-state index >= 15 is 0 Å². The molecule has 0 spiro atoms. The highest BCUT2D eigenvalue weighted by molar-refractivity contribution is 5.75. The molecular weight excluding hydrogens is 178 g/mol. The summed E-state index contributed by atoms with van der Waals surface area (Å²) in [6.07, 6.45) is 5.50. The van der Waals surface area contributed by atoms with Crippen molar-refractivity contribution in [3.05, 3.63) is 0 Å². The maximum absolute atomic E-state index is 11.8. The molecule has 1 heterocycles. The van der Waals surface area contributed by atoms with E-state index in [9.17, 15) is 4.79 Å². The smallest absolute Gasteiger partial charge is 0.317 e. The Morgan fingerprint density at radius 2 is 2.21 bits per heavy atom. The van der Waals surface area contributed by atoms with E-state index in [4.69, 9.17) is 5.73 Å². The third-order valence-corrected chi connectivity index (χ3v) is 3.04. The zero-order valence-corrected chi connectivity index (χ0v) is 8.54. The summed E-state index contributed by atoms with van der Waals surface area (Å²) in [5, 5.41) is 3.03. The number of carbonyl (C=O) groups is 1. The molecule has 1 saturated carbocycles. The summed E-state index contributed by atoms with van der Waals surface area (Å²) in [5.74, 6) is 0. The summed E-state index contributed by atoms with van der Waals surface area (Å²) in [5.41, 5.74) is 5.53. The first kappa shape index (κ1) is 9.77. The number of nitrogens with two attached hydrogens (primary N) is 1. The van der Waals surface area contributed by atoms with Crippen molar-refractivity contribution in [1.29, 1.82) is 0 Å². The third kappa shape index (κ3) is 2.18. The van der Waals surface area contributed by atoms with Crippen LogP contribution in [0.5, 0.6) is 0 Å². The molecule has 14 heavy (non-hydrogen) atoms. The van der Waals surface area contributed by atoms with E-state index in [1.54, 1.807) is 0 Å². The molecule has 80 valence electrons. The zero-order valence-electron chi connectivity index (χ0n) is 8.54. The second-order valence-corrected chi connectivity index (χ2v) is 4.29. The second kappa shape index (κ2) is 4.17. The van der Waals surface area contributed by atoms with Crippen LogP contribution < -0.4 is 11.1 Å². The number of urea groups is 1. The van der Waals surface area contributed by atoms with Gasteiger partial charge in [0, 0.05) is 18.6 Å². The fourth-order valence-corrected chi connectivity index (χ4v) is 2.08. The molecule has 2 fully saturated rings. The van der Waals surface area contributed by atoms with Crippen molar-refractivity contribution in [3.63, 3.8) is 0 Å². The maximum atomic E-state index is 11.8. The van der Waals surface area contributed by atoms with Crippen molar-refractivity contribution >= 4 is 6.03 Å². The predicted molar refractivity (Wildman–Crippen MR) is 55.0 cm³/mol. The van der Waals surface area contributed by atoms with Gasteiger partial charge in [-0.3, -0.25) is 0 Å². The highest BCUT2D eigenvalue weighted by atomic mass is 16.2. The van der Waals surface area contributed by atoms with E-state index < -0.39 is 0 Å². The molecule has 0 aromatic heterocycles. The number of carbonyl (C=O) groups excluding carboxylic acids is 1. The molecule has 1 aliphatic heterocycles. The third-order valence-electron chi connectivity index (χ3n) is 3.04. The van der Waals surface area contributed by atoms with E-state index in [2.05, 4.69) is 5.32 Å². The second-order valence-electron chi connectivity index (χ2n) is 4.29. The maximum Gasteiger partial charge on any atom is 0.317 e. The Morgan fingerprint density at radius 3 is 2.86 bits per heavy atom. The molecule has 2 rings (SSSR count). The van der Waals surface area contributed by atoms with Crippen molar-refractivity contribution < 1.29 is 4.79 Å². The van der Waals surface area contributed by atoms with Crippen LogP contribution in [-0.2, 0) is 0 Å². The lowest BCUT2D eigenvalue weighted by molar-refractivity contribution is 0.190. The molecule has 0 bridgehead atoms. The number of hydrogen-bond acceptors (Lipinski definition) is 2. The molecule has 4 nitrogen and oxygen atoms in total. The van der Waals surface area contributed by atoms with Gasteiger partial charge in [0.2, 0.25) is 0 Å². The summed E-state index contributed by atoms with van der Waals surface area (Å²) in [6.45, 7) is 1.58. The van der Waals surface area contributed by atoms with E-state index in [0.29, 0.717) is 18.6 Å². The van der Waals surface area contributed by atoms with Crippen LogP contribution in [0.3, 0.4) is 0 Å². The van der Waals surface area contributed by atoms with Crippen LogP contribution in [0, 0.1) is 0 Å². The summed E-state index contributed by atoms with van der Waals surface area (Å²) in [7, 11) is 0. The van der Waals surface area contributed by atoms with E-state index in [1.165, 1.54) is 0 Å². The molecule has 1 atom stereocenters. The number of likely N-dealkylation sites (tertiary alicyclic amines) is 1. The minimum Gasteiger partial charge on any atom is -0.335 e. The number of nitrogens with zero attached hydrogens (tertiary/aromatic N) is 1. The van der Waals surface area contributed by atoms with Gasteiger partial charge in [0.25, 0.3) is 0 Å². The van der Waals surface area contributed by atoms with Crippen molar-refractivity contribution in [3.8, 4) is 0 Å². The van der Waals surface area contributed by atoms with Gasteiger partial charge in [0.15, 0.2) is 0 Å². The van der Waals surface area contributed by atoms with Gasteiger partial charge >= 0.3 is 6.03 Å². The van der Waals surface area contributed by atoms with E-state index in [0.717, 1.165) is 38.6 Å². The Morgan fingerprint density at radius 1 is 1.43 bits per heavy atom. The Hall–Kier alpha value is -0.770. The van der Waals surface area contributed by atoms with Gasteiger partial charge in [-0.15, -0.1) is 0 Å². The summed E-state index contributed by atoms with van der Waals surface area (Å²) < 4.78 is 0. The average molecular weight is 197 g/mol. The Balaban J connectivity index is 1.83. The largest absolute Gasteiger partial charge is 0.335 e. The molecule has 1 saturated heterocycles. The normalized spacial score (nSPS) is 26.6. The standard InChI is InChI=1S/C10H19N3O/c11-6-5-9-2-1-7-13(9)10(14)12-8-3-4-8/h8-9H,1-7,11H2,(H,12,14). The number of rotatable bonds is 3. The molecule has 0 aromatic rings. The van der Waals surface area contributed by atoms with Gasteiger partial charge in [0.05, 0.1) is 0 Å². The lowest BCUT2D eigenvalue weighted by atomic mass is 10.1. The molecule has 1 unspecified atom stereocenters. The first-order valence-electron chi connectivity index (χ1n) is 5.58. The van der Waals surface area contributed by atoms with E-state index in [-0.39, 0.29) is 6.03 Å². The Kier molecular flexibility index (Phi) is 2.91. The first-order valence-corrected chi connectivity index (χ1v) is 5.58. The SMILES string of the molecule is NCCC1CCCN1C(=O)NC1CC1. The van der Waals surface area contributed by atoms with Crippen LogP contribution in [0.1, 0.15) is 32.1 Å². The summed E-state index contributed by atoms with van der Waals surface area (Å²) in [6, 6.07) is 0.976. The quantitative estimate of drug-likeness (QED) is 0.698. The fourth-order valence-electron chi connectivity index (χ4n) is 2.08. The van der Waals surface area contributed by atoms with Crippen molar-refractivity contribution in [2.75, 3.05) is 13.1 Å². The van der Waals surface area contributed by atoms with Crippen LogP contribution in [0.2, 0.25) is 0 Å². The van der Waals surface area contributed by atoms with Crippen LogP contribution in [-0.4, -0.2) is 36.1 Å². The van der Waals surface area contributed by atoms with Crippen molar-refractivity contribution in [2.24, 2.45) is 5.73 Å². The van der Waals surface area contributed by atoms with Gasteiger partial charge in [0.1, 0.15) is 0 Å². The molecule has 4 heteroatoms. The lowest BCUT2D eigenvalue weighted by Gasteiger charge is -2.24. The Labute approximate surface area is 84.8 Å². The number of nitrogens with one attached hydrogen (secondary N) is 1. The molecule has 1 aliphatic carbocycles. The number of amides is 2. The van der Waals surface area contributed by atoms with Crippen LogP contribution in [0.25, 0.3) is 0 Å². The minimum atomic E-state index is 0.128. The molecule has 0 aromatic carbocycles. The van der Waals surface area contributed by atoms with E-state index in [1.807, 2.05) is 4.90 Å². The molecule has 2 aliphatic rings. The van der Waals surface area contributed by atoms with Crippen molar-refractivity contribution in [2.45, 2.75) is 44.2 Å². The minimum absolute atomic E-state index is 0.128. The summed E-state index contributed by atoms with van der Waals surface area (Å²) in [4.78, 5) is 13.7. The molecule has 0 radical (unpaired) electrons. The van der Waals surface area contributed by atoms with Gasteiger partial charge in [-0.1, -0.05) is 0 Å². The van der Waals surface area contributed by atoms with Crippen molar-refractivity contribution in [1.82, 2.24) is 10.2 Å². The Bertz CT molecular complexity index is 215. The van der Waals surface area contributed by atoms with Crippen LogP contribution in [0.4, 0.5) is 4.79 Å². The average Bonchev–Trinajstić information content (AvgIpc) is 2.83.